The van der Waals surface area contributed by atoms with Crippen LogP contribution >= 0.6 is 12.6 Å². The Balaban J connectivity index is 1.05. The zero-order valence-corrected chi connectivity index (χ0v) is 34.3. The Kier molecular flexibility index (Phi) is 13.4. The summed E-state index contributed by atoms with van der Waals surface area (Å²) in [5.41, 5.74) is -3.70. The number of nitriles is 1. The number of piperazine rings is 1. The normalized spacial score (nSPS) is 21.1. The average molecular weight is 875 g/mol. The van der Waals surface area contributed by atoms with Gasteiger partial charge in [-0.1, -0.05) is 0 Å². The zero-order valence-electron chi connectivity index (χ0n) is 33.4. The molecule has 3 atom stereocenters. The number of anilines is 4. The SMILES string of the molecule is C[C@@H]1CN(CCOc2ccc(N3[C@@H](S)N(c4ccc(C#N)c(C(F)(F)F)c4)C(=O)C3(C)C)cc2CC(F)F)CCN1CC(=O)Nc1cc(NC2CCC(=O)NC2=O)ccc1F. The topological polar surface area (TPSA) is 150 Å². The van der Waals surface area contributed by atoms with E-state index < -0.39 is 70.8 Å². The van der Waals surface area contributed by atoms with Gasteiger partial charge in [-0.15, -0.1) is 12.6 Å². The maximum absolute atomic E-state index is 14.7. The number of ether oxygens (including phenoxy) is 1. The number of hydrogen-bond acceptors (Lipinski definition) is 11. The fourth-order valence-corrected chi connectivity index (χ4v) is 8.38. The van der Waals surface area contributed by atoms with Crippen LogP contribution in [0.25, 0.3) is 0 Å². The van der Waals surface area contributed by atoms with Crippen molar-refractivity contribution in [2.45, 2.75) is 75.8 Å². The summed E-state index contributed by atoms with van der Waals surface area (Å²) in [6.45, 7) is 7.13. The number of benzene rings is 3. The molecule has 3 fully saturated rings. The summed E-state index contributed by atoms with van der Waals surface area (Å²) in [7, 11) is 0. The molecule has 0 saturated carbocycles. The third-order valence-corrected chi connectivity index (χ3v) is 11.4. The monoisotopic (exact) mass is 874 g/mol. The van der Waals surface area contributed by atoms with Gasteiger partial charge in [-0.25, -0.2) is 13.2 Å². The maximum Gasteiger partial charge on any atom is 0.417 e. The Morgan fingerprint density at radius 1 is 1.07 bits per heavy atom. The van der Waals surface area contributed by atoms with Crippen LogP contribution in [0.2, 0.25) is 0 Å². The summed E-state index contributed by atoms with van der Waals surface area (Å²) in [4.78, 5) is 56.9. The van der Waals surface area contributed by atoms with Crippen molar-refractivity contribution in [1.82, 2.24) is 15.1 Å². The fourth-order valence-electron chi connectivity index (χ4n) is 7.72. The predicted octanol–water partition coefficient (Wildman–Crippen LogP) is 5.61. The summed E-state index contributed by atoms with van der Waals surface area (Å²) in [6, 6.07) is 12.2. The third kappa shape index (κ3) is 10.2. The van der Waals surface area contributed by atoms with Gasteiger partial charge in [0.05, 0.1) is 29.4 Å². The van der Waals surface area contributed by atoms with Crippen LogP contribution in [0.15, 0.2) is 54.6 Å². The van der Waals surface area contributed by atoms with E-state index >= 15 is 0 Å². The number of hydrogen-bond donors (Lipinski definition) is 4. The summed E-state index contributed by atoms with van der Waals surface area (Å²) in [5, 5.41) is 17.0. The number of halogens is 6. The van der Waals surface area contributed by atoms with E-state index in [9.17, 15) is 50.8 Å². The van der Waals surface area contributed by atoms with Crippen LogP contribution in [0, 0.1) is 17.1 Å². The first-order chi connectivity index (χ1) is 28.8. The van der Waals surface area contributed by atoms with E-state index in [0.717, 1.165) is 11.0 Å². The molecule has 3 aromatic carbocycles. The molecule has 3 aliphatic heterocycles. The first kappa shape index (κ1) is 45.0. The summed E-state index contributed by atoms with van der Waals surface area (Å²) in [6.07, 6.45) is -7.86. The Bertz CT molecular complexity index is 2220. The Morgan fingerprint density at radius 2 is 1.80 bits per heavy atom. The van der Waals surface area contributed by atoms with Crippen molar-refractivity contribution in [1.29, 1.82) is 5.26 Å². The Labute approximate surface area is 353 Å². The van der Waals surface area contributed by atoms with E-state index in [0.29, 0.717) is 43.6 Å². The number of nitrogens with zero attached hydrogens (tertiary/aromatic N) is 5. The van der Waals surface area contributed by atoms with E-state index in [-0.39, 0.29) is 60.6 Å². The lowest BCUT2D eigenvalue weighted by molar-refractivity contribution is -0.138. The average Bonchev–Trinajstić information content (AvgIpc) is 3.36. The zero-order chi connectivity index (χ0) is 44.4. The molecule has 6 rings (SSSR count). The number of piperidine rings is 1. The maximum atomic E-state index is 14.7. The number of alkyl halides is 5. The van der Waals surface area contributed by atoms with Crippen LogP contribution in [-0.2, 0) is 31.8 Å². The Hall–Kier alpha value is -5.52. The van der Waals surface area contributed by atoms with E-state index in [4.69, 9.17) is 4.74 Å². The predicted molar refractivity (Wildman–Crippen MR) is 217 cm³/mol. The Morgan fingerprint density at radius 3 is 2.48 bits per heavy atom. The van der Waals surface area contributed by atoms with Crippen LogP contribution in [0.4, 0.5) is 49.1 Å². The van der Waals surface area contributed by atoms with Gasteiger partial charge in [-0.05, 0) is 81.8 Å². The van der Waals surface area contributed by atoms with Crippen LogP contribution < -0.4 is 30.5 Å². The van der Waals surface area contributed by atoms with Gasteiger partial charge in [-0.2, -0.15) is 18.4 Å². The van der Waals surface area contributed by atoms with Crippen LogP contribution in [-0.4, -0.2) is 102 Å². The minimum atomic E-state index is -4.86. The minimum Gasteiger partial charge on any atom is -0.492 e. The molecule has 13 nitrogen and oxygen atoms in total. The summed E-state index contributed by atoms with van der Waals surface area (Å²) in [5.74, 6) is -2.37. The van der Waals surface area contributed by atoms with Crippen LogP contribution in [0.3, 0.4) is 0 Å². The quantitative estimate of drug-likeness (QED) is 0.0971. The number of rotatable bonds is 13. The van der Waals surface area contributed by atoms with Gasteiger partial charge in [0.1, 0.15) is 29.8 Å². The molecule has 4 amide bonds. The molecular formula is C41H44F6N8O5S. The highest BCUT2D eigenvalue weighted by Gasteiger charge is 2.52. The van der Waals surface area contributed by atoms with Crippen molar-refractivity contribution in [3.8, 4) is 11.8 Å². The molecule has 20 heteroatoms. The number of imide groups is 1. The molecule has 0 aromatic heterocycles. The van der Waals surface area contributed by atoms with Gasteiger partial charge in [0, 0.05) is 67.7 Å². The highest BCUT2D eigenvalue weighted by atomic mass is 32.1. The van der Waals surface area contributed by atoms with Crippen molar-refractivity contribution >= 4 is 59.0 Å². The number of carbonyl (C=O) groups is 4. The van der Waals surface area contributed by atoms with Crippen molar-refractivity contribution in [2.24, 2.45) is 0 Å². The molecule has 3 N–H and O–H groups in total. The van der Waals surface area contributed by atoms with Gasteiger partial charge in [0.25, 0.3) is 5.91 Å². The molecule has 3 saturated heterocycles. The van der Waals surface area contributed by atoms with Gasteiger partial charge < -0.3 is 20.3 Å². The summed E-state index contributed by atoms with van der Waals surface area (Å²) >= 11 is 4.60. The molecule has 326 valence electrons. The molecule has 61 heavy (non-hydrogen) atoms. The van der Waals surface area contributed by atoms with Crippen molar-refractivity contribution in [3.05, 3.63) is 77.1 Å². The second kappa shape index (κ2) is 18.2. The molecule has 0 spiro atoms. The lowest BCUT2D eigenvalue weighted by atomic mass is 10.0. The first-order valence-corrected chi connectivity index (χ1v) is 19.9. The van der Waals surface area contributed by atoms with Crippen molar-refractivity contribution < 1.29 is 50.3 Å². The van der Waals surface area contributed by atoms with E-state index in [1.54, 1.807) is 19.9 Å². The number of amides is 4. The van der Waals surface area contributed by atoms with Gasteiger partial charge in [0.2, 0.25) is 24.1 Å². The first-order valence-electron chi connectivity index (χ1n) is 19.4. The lowest BCUT2D eigenvalue weighted by Crippen LogP contribution is -2.54. The van der Waals surface area contributed by atoms with Gasteiger partial charge >= 0.3 is 6.18 Å². The molecular weight excluding hydrogens is 831 g/mol. The van der Waals surface area contributed by atoms with E-state index in [2.05, 4.69) is 33.5 Å². The molecule has 1 unspecified atom stereocenters. The standard InChI is InChI=1S/C41H44F6N8O5S/c1-23-21-52(12-13-53(23)22-36(57)50-32-18-26(5-8-30(32)42)49-31-9-11-35(56)51-37(31)58)14-15-60-33-10-7-28(16-25(33)17-34(43)44)55-39(61)54(38(59)40(55,2)3)27-6-4-24(20-48)29(19-27)41(45,46)47/h4-8,10,16,18-19,23,31,34,39,49,61H,9,11-15,17,21-22H2,1-3H3,(H,50,57)(H,51,56,58)/t23-,31?,39+/m1/s1. The number of nitrogens with one attached hydrogen (secondary N) is 3. The third-order valence-electron chi connectivity index (χ3n) is 10.9. The van der Waals surface area contributed by atoms with Crippen molar-refractivity contribution in [2.75, 3.05) is 59.8 Å². The molecule has 0 radical (unpaired) electrons. The number of carbonyl (C=O) groups excluding carboxylic acids is 4. The van der Waals surface area contributed by atoms with Gasteiger partial charge in [-0.3, -0.25) is 39.2 Å². The van der Waals surface area contributed by atoms with Gasteiger partial charge in [0.15, 0.2) is 5.50 Å². The summed E-state index contributed by atoms with van der Waals surface area (Å²) < 4.78 is 89.8. The smallest absolute Gasteiger partial charge is 0.417 e. The van der Waals surface area contributed by atoms with Crippen LogP contribution in [0.5, 0.6) is 5.75 Å². The largest absolute Gasteiger partial charge is 0.492 e. The van der Waals surface area contributed by atoms with E-state index in [1.165, 1.54) is 47.4 Å². The van der Waals surface area contributed by atoms with E-state index in [1.807, 2.05) is 11.8 Å². The molecule has 3 heterocycles. The minimum absolute atomic E-state index is 0.0223. The second-order valence-electron chi connectivity index (χ2n) is 15.5. The van der Waals surface area contributed by atoms with Crippen molar-refractivity contribution in [3.63, 3.8) is 0 Å². The van der Waals surface area contributed by atoms with Crippen LogP contribution in [0.1, 0.15) is 50.3 Å². The lowest BCUT2D eigenvalue weighted by Gasteiger charge is -2.39. The molecule has 3 aromatic rings. The number of thiol groups is 1. The highest BCUT2D eigenvalue weighted by Crippen LogP contribution is 2.43. The highest BCUT2D eigenvalue weighted by molar-refractivity contribution is 7.81. The fraction of sp³-hybridized carbons (Fsp3) is 0.439. The molecule has 3 aliphatic rings. The molecule has 0 bridgehead atoms. The molecule has 0 aliphatic carbocycles. The second-order valence-corrected chi connectivity index (χ2v) is 16.0.